The average Bonchev–Trinajstić information content (AvgIpc) is 3.42. The zero-order chi connectivity index (χ0) is 24.8. The molecule has 0 amide bonds. The molecule has 11 nitrogen and oxygen atoms in total. The minimum atomic E-state index is -4.89. The van der Waals surface area contributed by atoms with Crippen molar-refractivity contribution in [2.75, 3.05) is 11.2 Å². The van der Waals surface area contributed by atoms with Crippen molar-refractivity contribution < 1.29 is 46.5 Å². The summed E-state index contributed by atoms with van der Waals surface area (Å²) in [6, 6.07) is 1.59. The normalized spacial score (nSPS) is 26.8. The van der Waals surface area contributed by atoms with Gasteiger partial charge >= 0.3 is 7.60 Å². The number of hydrogen-bond acceptors (Lipinski definition) is 8. The van der Waals surface area contributed by atoms with Gasteiger partial charge in [0.25, 0.3) is 6.43 Å². The van der Waals surface area contributed by atoms with Crippen molar-refractivity contribution in [3.63, 3.8) is 0 Å². The summed E-state index contributed by atoms with van der Waals surface area (Å²) in [5.41, 5.74) is -0.942. The molecule has 0 spiro atoms. The Morgan fingerprint density at radius 1 is 1.18 bits per heavy atom. The fraction of sp³-hybridized carbons (Fsp3) is 0.684. The highest BCUT2D eigenvalue weighted by atomic mass is 32.2. The molecule has 0 unspecified atom stereocenters. The third-order valence-corrected chi connectivity index (χ3v) is 9.97. The molecule has 2 fully saturated rings. The zero-order valence-electron chi connectivity index (χ0n) is 17.9. The maximum absolute atomic E-state index is 13.5. The molecule has 4 N–H and O–H groups in total. The SMILES string of the molecule is O=P(O)(O)CS(=O)(=O)C[C@H]1O[C@@H](n2ccc3c(CC4CCCC4)nc(C(F)F)nc32)[C@H](O)[C@@H]1O. The second kappa shape index (κ2) is 9.49. The Labute approximate surface area is 193 Å². The summed E-state index contributed by atoms with van der Waals surface area (Å²) in [6.45, 7) is 0. The van der Waals surface area contributed by atoms with Crippen LogP contribution >= 0.6 is 7.60 Å². The van der Waals surface area contributed by atoms with Gasteiger partial charge in [-0.1, -0.05) is 25.7 Å². The monoisotopic (exact) mass is 525 g/mol. The molecule has 190 valence electrons. The summed E-state index contributed by atoms with van der Waals surface area (Å²) < 4.78 is 69.2. The van der Waals surface area contributed by atoms with Gasteiger partial charge in [0.05, 0.1) is 11.4 Å². The van der Waals surface area contributed by atoms with Gasteiger partial charge < -0.3 is 29.3 Å². The number of aromatic nitrogens is 3. The number of aliphatic hydroxyl groups is 2. The predicted octanol–water partition coefficient (Wildman–Crippen LogP) is 1.27. The van der Waals surface area contributed by atoms with Gasteiger partial charge in [0.2, 0.25) is 0 Å². The van der Waals surface area contributed by atoms with Gasteiger partial charge in [-0.05, 0) is 18.4 Å². The van der Waals surface area contributed by atoms with E-state index in [2.05, 4.69) is 9.97 Å². The van der Waals surface area contributed by atoms with Gasteiger partial charge in [0, 0.05) is 11.6 Å². The molecule has 0 radical (unpaired) electrons. The topological polar surface area (TPSA) is 172 Å². The lowest BCUT2D eigenvalue weighted by atomic mass is 10.0. The Kier molecular flexibility index (Phi) is 7.13. The molecule has 34 heavy (non-hydrogen) atoms. The van der Waals surface area contributed by atoms with Crippen LogP contribution in [0.25, 0.3) is 11.0 Å². The first kappa shape index (κ1) is 25.5. The average molecular weight is 525 g/mol. The number of fused-ring (bicyclic) bond motifs is 1. The third kappa shape index (κ3) is 5.48. The van der Waals surface area contributed by atoms with E-state index in [1.165, 1.54) is 10.8 Å². The fourth-order valence-corrected chi connectivity index (χ4v) is 7.96. The first-order valence-corrected chi connectivity index (χ1v) is 14.4. The van der Waals surface area contributed by atoms with Crippen molar-refractivity contribution in [1.29, 1.82) is 0 Å². The number of aliphatic hydroxyl groups excluding tert-OH is 2. The molecule has 4 atom stereocenters. The number of rotatable bonds is 8. The number of sulfone groups is 1. The van der Waals surface area contributed by atoms with Crippen LogP contribution in [0.5, 0.6) is 0 Å². The quantitative estimate of drug-likeness (QED) is 0.368. The van der Waals surface area contributed by atoms with Crippen LogP contribution < -0.4 is 0 Å². The molecule has 2 aromatic heterocycles. The molecule has 1 saturated carbocycles. The van der Waals surface area contributed by atoms with Crippen LogP contribution in [-0.4, -0.2) is 72.5 Å². The smallest absolute Gasteiger partial charge is 0.340 e. The minimum absolute atomic E-state index is 0.0493. The van der Waals surface area contributed by atoms with Crippen molar-refractivity contribution in [2.45, 2.75) is 63.1 Å². The first-order valence-electron chi connectivity index (χ1n) is 10.8. The maximum atomic E-state index is 13.5. The van der Waals surface area contributed by atoms with E-state index >= 15 is 0 Å². The highest BCUT2D eigenvalue weighted by molar-refractivity contribution is 7.97. The van der Waals surface area contributed by atoms with E-state index in [1.807, 2.05) is 0 Å². The van der Waals surface area contributed by atoms with Crippen molar-refractivity contribution in [1.82, 2.24) is 14.5 Å². The van der Waals surface area contributed by atoms with Crippen LogP contribution in [0.1, 0.15) is 49.9 Å². The van der Waals surface area contributed by atoms with Crippen molar-refractivity contribution in [2.24, 2.45) is 5.92 Å². The molecule has 0 aromatic carbocycles. The van der Waals surface area contributed by atoms with E-state index in [0.717, 1.165) is 25.7 Å². The minimum Gasteiger partial charge on any atom is -0.387 e. The Bertz CT molecular complexity index is 1200. The van der Waals surface area contributed by atoms with Crippen LogP contribution in [0.3, 0.4) is 0 Å². The summed E-state index contributed by atoms with van der Waals surface area (Å²) in [6.07, 6.45) is -3.16. The summed E-state index contributed by atoms with van der Waals surface area (Å²) in [4.78, 5) is 25.9. The predicted molar refractivity (Wildman–Crippen MR) is 115 cm³/mol. The molecule has 2 aromatic rings. The Morgan fingerprint density at radius 2 is 1.85 bits per heavy atom. The van der Waals surface area contributed by atoms with Gasteiger partial charge in [-0.3, -0.25) is 4.57 Å². The van der Waals surface area contributed by atoms with Crippen molar-refractivity contribution in [3.8, 4) is 0 Å². The summed E-state index contributed by atoms with van der Waals surface area (Å²) >= 11 is 0. The number of ether oxygens (including phenoxy) is 1. The van der Waals surface area contributed by atoms with E-state index in [9.17, 15) is 32.0 Å². The second-order valence-corrected chi connectivity index (χ2v) is 13.1. The number of nitrogens with zero attached hydrogens (tertiary/aromatic N) is 3. The zero-order valence-corrected chi connectivity index (χ0v) is 19.7. The molecule has 0 bridgehead atoms. The van der Waals surface area contributed by atoms with Gasteiger partial charge in [-0.15, -0.1) is 0 Å². The second-order valence-electron chi connectivity index (χ2n) is 8.89. The Morgan fingerprint density at radius 3 is 2.47 bits per heavy atom. The van der Waals surface area contributed by atoms with E-state index in [-0.39, 0.29) is 5.65 Å². The number of halogens is 2. The molecule has 1 aliphatic heterocycles. The van der Waals surface area contributed by atoms with E-state index in [0.29, 0.717) is 23.4 Å². The Hall–Kier alpha value is -1.54. The molecule has 4 rings (SSSR count). The number of alkyl halides is 2. The molecule has 1 aliphatic carbocycles. The molecular formula is C19H26F2N3O8PS. The summed E-state index contributed by atoms with van der Waals surface area (Å²) in [5.74, 6) is -1.32. The molecule has 3 heterocycles. The molecule has 1 saturated heterocycles. The van der Waals surface area contributed by atoms with E-state index < -0.39 is 65.5 Å². The van der Waals surface area contributed by atoms with Crippen molar-refractivity contribution in [3.05, 3.63) is 23.8 Å². The van der Waals surface area contributed by atoms with Gasteiger partial charge in [-0.25, -0.2) is 27.2 Å². The lowest BCUT2D eigenvalue weighted by Gasteiger charge is -2.18. The van der Waals surface area contributed by atoms with Crippen LogP contribution in [0, 0.1) is 5.92 Å². The Balaban J connectivity index is 1.65. The lowest BCUT2D eigenvalue weighted by molar-refractivity contribution is -0.0289. The van der Waals surface area contributed by atoms with Crippen LogP contribution in [0.15, 0.2) is 12.3 Å². The lowest BCUT2D eigenvalue weighted by Crippen LogP contribution is -2.35. The fourth-order valence-electron chi connectivity index (χ4n) is 4.72. The van der Waals surface area contributed by atoms with Crippen LogP contribution in [-0.2, 0) is 25.6 Å². The summed E-state index contributed by atoms with van der Waals surface area (Å²) in [5, 5.41) is 21.4. The van der Waals surface area contributed by atoms with E-state index in [1.54, 1.807) is 6.07 Å². The standard InChI is InChI=1S/C19H26F2N3O8PS/c20-16(21)17-22-12(7-10-3-1-2-4-10)11-5-6-24(18(11)23-17)19-15(26)14(25)13(32-19)8-34(30,31)9-33(27,28)29/h5-6,10,13-16,19,25-26H,1-4,7-9H2,(H2,27,28,29)/t13-,14-,15-,19-/m1/s1. The summed E-state index contributed by atoms with van der Waals surface area (Å²) in [7, 11) is -9.23. The van der Waals surface area contributed by atoms with Gasteiger partial charge in [0.1, 0.15) is 24.0 Å². The van der Waals surface area contributed by atoms with E-state index in [4.69, 9.17) is 14.5 Å². The first-order chi connectivity index (χ1) is 15.8. The maximum Gasteiger partial charge on any atom is 0.340 e. The van der Waals surface area contributed by atoms with Gasteiger partial charge in [0.15, 0.2) is 27.4 Å². The largest absolute Gasteiger partial charge is 0.387 e. The highest BCUT2D eigenvalue weighted by Crippen LogP contribution is 2.39. The van der Waals surface area contributed by atoms with Crippen molar-refractivity contribution >= 4 is 28.5 Å². The third-order valence-electron chi connectivity index (χ3n) is 6.21. The van der Waals surface area contributed by atoms with Crippen LogP contribution in [0.4, 0.5) is 8.78 Å². The molecular weight excluding hydrogens is 499 g/mol. The highest BCUT2D eigenvalue weighted by Gasteiger charge is 2.46. The van der Waals surface area contributed by atoms with Gasteiger partial charge in [-0.2, -0.15) is 0 Å². The molecule has 2 aliphatic rings. The molecule has 15 heteroatoms. The number of hydrogen-bond donors (Lipinski definition) is 4. The van der Waals surface area contributed by atoms with Crippen LogP contribution in [0.2, 0.25) is 0 Å².